The van der Waals surface area contributed by atoms with Gasteiger partial charge in [0.1, 0.15) is 11.2 Å². The lowest BCUT2D eigenvalue weighted by Gasteiger charge is -2.17. The number of nitrogens with zero attached hydrogens (tertiary/aromatic N) is 7. The summed E-state index contributed by atoms with van der Waals surface area (Å²) in [6.07, 6.45) is 0. The summed E-state index contributed by atoms with van der Waals surface area (Å²) in [4.78, 5) is 31.2. The van der Waals surface area contributed by atoms with E-state index in [1.54, 1.807) is 0 Å². The van der Waals surface area contributed by atoms with E-state index in [1.807, 2.05) is 109 Å². The highest BCUT2D eigenvalue weighted by molar-refractivity contribution is 6.24. The Kier molecular flexibility index (Phi) is 9.31. The van der Waals surface area contributed by atoms with Crippen LogP contribution in [0.25, 0.3) is 129 Å². The van der Waals surface area contributed by atoms with Gasteiger partial charge in [-0.25, -0.2) is 29.9 Å². The minimum absolute atomic E-state index is 0.494. The van der Waals surface area contributed by atoms with E-state index < -0.39 is 0 Å². The Morgan fingerprint density at radius 2 is 0.721 bits per heavy atom. The first-order valence-corrected chi connectivity index (χ1v) is 22.5. The summed E-state index contributed by atoms with van der Waals surface area (Å²) in [5, 5.41) is 4.28. The van der Waals surface area contributed by atoms with Gasteiger partial charge in [-0.2, -0.15) is 0 Å². The third-order valence-corrected chi connectivity index (χ3v) is 12.5. The molecule has 4 heterocycles. The second kappa shape index (κ2) is 16.2. The molecule has 0 fully saturated rings. The standard InChI is InChI=1S/C60H37N7O/c1-5-17-38(18-6-1)39-29-31-43(32-30-39)58-62-57(42-23-11-4-12-24-42)65-60(66-58)48-37-44(59-63-55(40-19-7-2-8-20-40)61-56(64-59)41-21-9-3-10-22-41)33-35-50(48)67-49-27-15-13-25-45(49)46-34-36-52-53(54(46)67)47-26-14-16-28-51(47)68-52/h1-37H. The van der Waals surface area contributed by atoms with Gasteiger partial charge >= 0.3 is 0 Å². The molecule has 0 N–H and O–H groups in total. The van der Waals surface area contributed by atoms with E-state index in [-0.39, 0.29) is 0 Å². The van der Waals surface area contributed by atoms with E-state index >= 15 is 0 Å². The summed E-state index contributed by atoms with van der Waals surface area (Å²) in [7, 11) is 0. The Morgan fingerprint density at radius 1 is 0.294 bits per heavy atom. The van der Waals surface area contributed by atoms with E-state index in [2.05, 4.69) is 120 Å². The van der Waals surface area contributed by atoms with E-state index in [0.717, 1.165) is 93.9 Å². The van der Waals surface area contributed by atoms with Crippen molar-refractivity contribution < 1.29 is 4.42 Å². The molecule has 9 aromatic carbocycles. The van der Waals surface area contributed by atoms with E-state index in [4.69, 9.17) is 34.3 Å². The minimum atomic E-state index is 0.494. The maximum absolute atomic E-state index is 6.53. The Labute approximate surface area is 390 Å². The van der Waals surface area contributed by atoms with Crippen LogP contribution in [0.3, 0.4) is 0 Å². The quantitative estimate of drug-likeness (QED) is 0.150. The van der Waals surface area contributed by atoms with Crippen molar-refractivity contribution >= 4 is 43.7 Å². The third kappa shape index (κ3) is 6.78. The molecule has 68 heavy (non-hydrogen) atoms. The molecule has 0 aliphatic heterocycles. The molecule has 0 amide bonds. The maximum Gasteiger partial charge on any atom is 0.166 e. The fraction of sp³-hybridized carbons (Fsp3) is 0. The first-order chi connectivity index (χ1) is 33.7. The Bertz CT molecular complexity index is 3940. The molecule has 0 atom stereocenters. The first kappa shape index (κ1) is 39.0. The van der Waals surface area contributed by atoms with E-state index in [1.165, 1.54) is 0 Å². The molecule has 0 saturated heterocycles. The van der Waals surface area contributed by atoms with Crippen molar-refractivity contribution in [2.24, 2.45) is 0 Å². The summed E-state index contributed by atoms with van der Waals surface area (Å²) in [5.74, 6) is 3.26. The first-order valence-electron chi connectivity index (χ1n) is 22.5. The van der Waals surface area contributed by atoms with E-state index in [9.17, 15) is 0 Å². The zero-order chi connectivity index (χ0) is 45.0. The molecule has 0 spiro atoms. The Hall–Kier alpha value is -9.40. The van der Waals surface area contributed by atoms with Crippen LogP contribution in [0.4, 0.5) is 0 Å². The molecule has 13 rings (SSSR count). The van der Waals surface area contributed by atoms with Crippen LogP contribution in [-0.2, 0) is 0 Å². The summed E-state index contributed by atoms with van der Waals surface area (Å²) < 4.78 is 8.87. The van der Waals surface area contributed by atoms with Gasteiger partial charge in [0.2, 0.25) is 0 Å². The number of fused-ring (bicyclic) bond motifs is 7. The topological polar surface area (TPSA) is 95.4 Å². The van der Waals surface area contributed by atoms with Gasteiger partial charge in [-0.3, -0.25) is 0 Å². The largest absolute Gasteiger partial charge is 0.456 e. The smallest absolute Gasteiger partial charge is 0.166 e. The van der Waals surface area contributed by atoms with Gasteiger partial charge in [0, 0.05) is 49.5 Å². The predicted molar refractivity (Wildman–Crippen MR) is 273 cm³/mol. The number of furan rings is 1. The molecule has 0 bridgehead atoms. The van der Waals surface area contributed by atoms with Crippen molar-refractivity contribution in [3.8, 4) is 85.1 Å². The highest BCUT2D eigenvalue weighted by Gasteiger charge is 2.24. The number of hydrogen-bond donors (Lipinski definition) is 0. The van der Waals surface area contributed by atoms with Crippen LogP contribution in [0, 0.1) is 0 Å². The van der Waals surface area contributed by atoms with E-state index in [0.29, 0.717) is 34.9 Å². The predicted octanol–water partition coefficient (Wildman–Crippen LogP) is 14.7. The number of rotatable bonds is 8. The number of hydrogen-bond acceptors (Lipinski definition) is 7. The second-order valence-corrected chi connectivity index (χ2v) is 16.7. The molecule has 13 aromatic rings. The second-order valence-electron chi connectivity index (χ2n) is 16.7. The zero-order valence-electron chi connectivity index (χ0n) is 36.4. The van der Waals surface area contributed by atoms with Crippen molar-refractivity contribution in [1.29, 1.82) is 0 Å². The fourth-order valence-corrected chi connectivity index (χ4v) is 9.29. The van der Waals surface area contributed by atoms with Crippen LogP contribution in [0.1, 0.15) is 0 Å². The average Bonchev–Trinajstić information content (AvgIpc) is 3.97. The van der Waals surface area contributed by atoms with Gasteiger partial charge in [0.25, 0.3) is 0 Å². The van der Waals surface area contributed by atoms with Gasteiger partial charge in [0.05, 0.1) is 22.1 Å². The van der Waals surface area contributed by atoms with Gasteiger partial charge in [-0.15, -0.1) is 0 Å². The normalized spacial score (nSPS) is 11.5. The summed E-state index contributed by atoms with van der Waals surface area (Å²) >= 11 is 0. The Balaban J connectivity index is 1.11. The monoisotopic (exact) mass is 871 g/mol. The van der Waals surface area contributed by atoms with Crippen LogP contribution in [0.2, 0.25) is 0 Å². The van der Waals surface area contributed by atoms with Crippen molar-refractivity contribution in [3.05, 3.63) is 224 Å². The van der Waals surface area contributed by atoms with Gasteiger partial charge in [-0.05, 0) is 53.6 Å². The molecule has 8 nitrogen and oxygen atoms in total. The molecular weight excluding hydrogens is 835 g/mol. The molecule has 0 radical (unpaired) electrons. The average molecular weight is 872 g/mol. The summed E-state index contributed by atoms with van der Waals surface area (Å²) in [6.45, 7) is 0. The lowest BCUT2D eigenvalue weighted by atomic mass is 10.0. The molecule has 0 aliphatic carbocycles. The molecule has 0 saturated carbocycles. The highest BCUT2D eigenvalue weighted by atomic mass is 16.3. The lowest BCUT2D eigenvalue weighted by Crippen LogP contribution is -2.05. The van der Waals surface area contributed by atoms with Crippen molar-refractivity contribution in [1.82, 2.24) is 34.5 Å². The molecule has 318 valence electrons. The van der Waals surface area contributed by atoms with Crippen LogP contribution >= 0.6 is 0 Å². The van der Waals surface area contributed by atoms with Crippen LogP contribution in [-0.4, -0.2) is 34.5 Å². The van der Waals surface area contributed by atoms with Crippen molar-refractivity contribution in [2.75, 3.05) is 0 Å². The molecular formula is C60H37N7O. The highest BCUT2D eigenvalue weighted by Crippen LogP contribution is 2.43. The van der Waals surface area contributed by atoms with Crippen molar-refractivity contribution in [2.45, 2.75) is 0 Å². The summed E-state index contributed by atoms with van der Waals surface area (Å²) in [5.41, 5.74) is 11.8. The molecule has 0 unspecified atom stereocenters. The van der Waals surface area contributed by atoms with Crippen LogP contribution < -0.4 is 0 Å². The van der Waals surface area contributed by atoms with Gasteiger partial charge < -0.3 is 8.98 Å². The minimum Gasteiger partial charge on any atom is -0.456 e. The SMILES string of the molecule is c1ccc(-c2ccc(-c3nc(-c4ccccc4)nc(-c4cc(-c5nc(-c6ccccc6)nc(-c6ccccc6)n5)ccc4-n4c5ccccc5c5ccc6oc7ccccc7c6c54)n3)cc2)cc1. The zero-order valence-corrected chi connectivity index (χ0v) is 36.4. The lowest BCUT2D eigenvalue weighted by molar-refractivity contribution is 0.669. The van der Waals surface area contributed by atoms with Crippen molar-refractivity contribution in [3.63, 3.8) is 0 Å². The van der Waals surface area contributed by atoms with Gasteiger partial charge in [-0.1, -0.05) is 182 Å². The number of para-hydroxylation sites is 2. The number of benzene rings is 9. The Morgan fingerprint density at radius 3 is 1.31 bits per heavy atom. The summed E-state index contributed by atoms with van der Waals surface area (Å²) in [6, 6.07) is 76.3. The molecule has 8 heteroatoms. The maximum atomic E-state index is 6.53. The third-order valence-electron chi connectivity index (χ3n) is 12.5. The molecule has 0 aliphatic rings. The van der Waals surface area contributed by atoms with Gasteiger partial charge in [0.15, 0.2) is 34.9 Å². The van der Waals surface area contributed by atoms with Crippen LogP contribution in [0.5, 0.6) is 0 Å². The fourth-order valence-electron chi connectivity index (χ4n) is 9.29. The van der Waals surface area contributed by atoms with Crippen LogP contribution in [0.15, 0.2) is 229 Å². The number of aromatic nitrogens is 7. The molecule has 4 aromatic heterocycles.